The van der Waals surface area contributed by atoms with Gasteiger partial charge in [-0.05, 0) is 31.2 Å². The second-order valence-electron chi connectivity index (χ2n) is 7.49. The molecule has 1 aliphatic rings. The van der Waals surface area contributed by atoms with Crippen LogP contribution in [0.15, 0.2) is 0 Å². The van der Waals surface area contributed by atoms with E-state index in [0.717, 1.165) is 12.0 Å². The molecule has 1 aliphatic carbocycles. The van der Waals surface area contributed by atoms with Crippen LogP contribution in [0.5, 0.6) is 0 Å². The van der Waals surface area contributed by atoms with Gasteiger partial charge >= 0.3 is 0 Å². The average Bonchev–Trinajstić information content (AvgIpc) is 2.74. The predicted molar refractivity (Wildman–Crippen MR) is 81.0 cm³/mol. The molecule has 0 spiro atoms. The van der Waals surface area contributed by atoms with Gasteiger partial charge in [0.05, 0.1) is 0 Å². The number of hydrogen-bond acceptors (Lipinski definition) is 2. The van der Waals surface area contributed by atoms with Crippen LogP contribution >= 0.6 is 0 Å². The molecule has 0 aromatic heterocycles. The molecule has 0 amide bonds. The van der Waals surface area contributed by atoms with E-state index in [0.29, 0.717) is 11.5 Å². The summed E-state index contributed by atoms with van der Waals surface area (Å²) in [4.78, 5) is 2.75. The van der Waals surface area contributed by atoms with Crippen LogP contribution in [0.25, 0.3) is 0 Å². The molecule has 1 unspecified atom stereocenters. The van der Waals surface area contributed by atoms with Gasteiger partial charge in [0.2, 0.25) is 0 Å². The van der Waals surface area contributed by atoms with Crippen molar-refractivity contribution in [3.63, 3.8) is 0 Å². The van der Waals surface area contributed by atoms with Gasteiger partial charge in [-0.2, -0.15) is 0 Å². The van der Waals surface area contributed by atoms with Gasteiger partial charge in [-0.15, -0.1) is 0 Å². The molecule has 0 aromatic rings. The minimum absolute atomic E-state index is 0.336. The molecule has 2 nitrogen and oxygen atoms in total. The molecule has 0 radical (unpaired) electrons. The molecule has 1 rings (SSSR count). The molecule has 1 atom stereocenters. The highest BCUT2D eigenvalue weighted by molar-refractivity contribution is 4.86. The first-order valence-electron chi connectivity index (χ1n) is 7.76. The summed E-state index contributed by atoms with van der Waals surface area (Å²) in [5.74, 6) is 0.767. The molecule has 0 aromatic carbocycles. The van der Waals surface area contributed by atoms with E-state index in [2.05, 4.69) is 51.9 Å². The number of nitrogens with zero attached hydrogens (tertiary/aromatic N) is 1. The van der Waals surface area contributed by atoms with Gasteiger partial charge in [0.15, 0.2) is 0 Å². The monoisotopic (exact) mass is 254 g/mol. The van der Waals surface area contributed by atoms with E-state index in [4.69, 9.17) is 0 Å². The normalized spacial score (nSPS) is 20.0. The molecule has 1 N–H and O–H groups in total. The molecule has 2 heteroatoms. The SMILES string of the molecule is CNC(CN(CC(C)C)C1CCCC1)C(C)(C)C. The highest BCUT2D eigenvalue weighted by atomic mass is 15.2. The maximum atomic E-state index is 3.53. The lowest BCUT2D eigenvalue weighted by atomic mass is 9.86. The Labute approximate surface area is 115 Å². The molecule has 0 saturated heterocycles. The Hall–Kier alpha value is -0.0800. The van der Waals surface area contributed by atoms with Gasteiger partial charge in [0.1, 0.15) is 0 Å². The summed E-state index contributed by atoms with van der Waals surface area (Å²) in [5.41, 5.74) is 0.336. The van der Waals surface area contributed by atoms with Crippen LogP contribution in [-0.4, -0.2) is 37.1 Å². The van der Waals surface area contributed by atoms with Crippen molar-refractivity contribution in [2.45, 2.75) is 72.4 Å². The van der Waals surface area contributed by atoms with Gasteiger partial charge in [0, 0.05) is 25.2 Å². The topological polar surface area (TPSA) is 15.3 Å². The lowest BCUT2D eigenvalue weighted by Gasteiger charge is -2.38. The highest BCUT2D eigenvalue weighted by Gasteiger charge is 2.29. The summed E-state index contributed by atoms with van der Waals surface area (Å²) >= 11 is 0. The van der Waals surface area contributed by atoms with Crippen molar-refractivity contribution < 1.29 is 0 Å². The zero-order valence-electron chi connectivity index (χ0n) is 13.4. The van der Waals surface area contributed by atoms with E-state index in [1.807, 2.05) is 0 Å². The van der Waals surface area contributed by atoms with Crippen LogP contribution in [-0.2, 0) is 0 Å². The first kappa shape index (κ1) is 16.0. The Kier molecular flexibility index (Phi) is 6.13. The van der Waals surface area contributed by atoms with Gasteiger partial charge in [-0.25, -0.2) is 0 Å². The van der Waals surface area contributed by atoms with Crippen molar-refractivity contribution in [2.24, 2.45) is 11.3 Å². The van der Waals surface area contributed by atoms with E-state index in [9.17, 15) is 0 Å². The summed E-state index contributed by atoms with van der Waals surface area (Å²) < 4.78 is 0. The minimum atomic E-state index is 0.336. The van der Waals surface area contributed by atoms with Crippen LogP contribution in [0.3, 0.4) is 0 Å². The van der Waals surface area contributed by atoms with Crippen LogP contribution in [0, 0.1) is 11.3 Å². The maximum absolute atomic E-state index is 3.53. The number of likely N-dealkylation sites (N-methyl/N-ethyl adjacent to an activating group) is 1. The molecule has 0 bridgehead atoms. The van der Waals surface area contributed by atoms with Crippen molar-refractivity contribution in [1.29, 1.82) is 0 Å². The standard InChI is InChI=1S/C16H34N2/c1-13(2)11-18(14-9-7-8-10-14)12-15(17-6)16(3,4)5/h13-15,17H,7-12H2,1-6H3. The summed E-state index contributed by atoms with van der Waals surface area (Å²) in [6, 6.07) is 1.42. The smallest absolute Gasteiger partial charge is 0.0240 e. The minimum Gasteiger partial charge on any atom is -0.315 e. The average molecular weight is 254 g/mol. The number of nitrogens with one attached hydrogen (secondary N) is 1. The Bertz CT molecular complexity index is 224. The predicted octanol–water partition coefficient (Wildman–Crippen LogP) is 3.52. The largest absolute Gasteiger partial charge is 0.315 e. The summed E-state index contributed by atoms with van der Waals surface area (Å²) in [6.07, 6.45) is 5.68. The van der Waals surface area contributed by atoms with Crippen LogP contribution in [0.1, 0.15) is 60.3 Å². The van der Waals surface area contributed by atoms with Gasteiger partial charge in [0.25, 0.3) is 0 Å². The molecular formula is C16H34N2. The maximum Gasteiger partial charge on any atom is 0.0240 e. The summed E-state index contributed by atoms with van der Waals surface area (Å²) in [7, 11) is 2.11. The Morgan fingerprint density at radius 1 is 1.11 bits per heavy atom. The van der Waals surface area contributed by atoms with E-state index in [-0.39, 0.29) is 0 Å². The van der Waals surface area contributed by atoms with Crippen LogP contribution < -0.4 is 5.32 Å². The zero-order valence-corrected chi connectivity index (χ0v) is 13.4. The van der Waals surface area contributed by atoms with Gasteiger partial charge in [-0.1, -0.05) is 47.5 Å². The van der Waals surface area contributed by atoms with Crippen LogP contribution in [0.4, 0.5) is 0 Å². The third kappa shape index (κ3) is 4.89. The lowest BCUT2D eigenvalue weighted by Crippen LogP contribution is -2.50. The molecule has 1 saturated carbocycles. The quantitative estimate of drug-likeness (QED) is 0.780. The van der Waals surface area contributed by atoms with Gasteiger partial charge in [-0.3, -0.25) is 4.90 Å². The van der Waals surface area contributed by atoms with Crippen molar-refractivity contribution >= 4 is 0 Å². The molecule has 1 fully saturated rings. The molecule has 0 heterocycles. The van der Waals surface area contributed by atoms with Crippen molar-refractivity contribution in [3.05, 3.63) is 0 Å². The number of hydrogen-bond donors (Lipinski definition) is 1. The Balaban J connectivity index is 2.64. The second kappa shape index (κ2) is 6.91. The second-order valence-corrected chi connectivity index (χ2v) is 7.49. The first-order valence-corrected chi connectivity index (χ1v) is 7.76. The fourth-order valence-electron chi connectivity index (χ4n) is 3.14. The molecular weight excluding hydrogens is 220 g/mol. The summed E-state index contributed by atoms with van der Waals surface area (Å²) in [5, 5.41) is 3.53. The van der Waals surface area contributed by atoms with Gasteiger partial charge < -0.3 is 5.32 Å². The Morgan fingerprint density at radius 2 is 1.67 bits per heavy atom. The van der Waals surface area contributed by atoms with E-state index >= 15 is 0 Å². The summed E-state index contributed by atoms with van der Waals surface area (Å²) in [6.45, 7) is 14.2. The van der Waals surface area contributed by atoms with Crippen molar-refractivity contribution in [2.75, 3.05) is 20.1 Å². The third-order valence-corrected chi connectivity index (χ3v) is 4.25. The van der Waals surface area contributed by atoms with E-state index < -0.39 is 0 Å². The van der Waals surface area contributed by atoms with Crippen molar-refractivity contribution in [1.82, 2.24) is 10.2 Å². The number of rotatable bonds is 6. The highest BCUT2D eigenvalue weighted by Crippen LogP contribution is 2.27. The van der Waals surface area contributed by atoms with E-state index in [1.54, 1.807) is 0 Å². The fourth-order valence-corrected chi connectivity index (χ4v) is 3.14. The zero-order chi connectivity index (χ0) is 13.8. The van der Waals surface area contributed by atoms with Crippen molar-refractivity contribution in [3.8, 4) is 0 Å². The lowest BCUT2D eigenvalue weighted by molar-refractivity contribution is 0.125. The fraction of sp³-hybridized carbons (Fsp3) is 1.00. The van der Waals surface area contributed by atoms with E-state index in [1.165, 1.54) is 38.8 Å². The first-order chi connectivity index (χ1) is 8.34. The Morgan fingerprint density at radius 3 is 2.06 bits per heavy atom. The third-order valence-electron chi connectivity index (χ3n) is 4.25. The molecule has 18 heavy (non-hydrogen) atoms. The molecule has 108 valence electrons. The van der Waals surface area contributed by atoms with Crippen LogP contribution in [0.2, 0.25) is 0 Å². The molecule has 0 aliphatic heterocycles.